The van der Waals surface area contributed by atoms with Crippen LogP contribution in [0.4, 0.5) is 18.9 Å². The Hall–Kier alpha value is -3.47. The molecule has 1 fully saturated rings. The Balaban J connectivity index is 1.22. The van der Waals surface area contributed by atoms with E-state index in [4.69, 9.17) is 0 Å². The molecule has 5 rings (SSSR count). The number of aromatic nitrogens is 2. The molecule has 0 spiro atoms. The quantitative estimate of drug-likeness (QED) is 0.542. The molecule has 1 atom stereocenters. The minimum atomic E-state index is -4.37. The SMILES string of the molecule is O=C(Cn1cc2cc(N3C=CSC3C(F)(F)F)ccc2n1)N1CCN(C(=O)c2ccccc2)CC1. The molecule has 2 aliphatic rings. The van der Waals surface area contributed by atoms with Crippen molar-refractivity contribution in [2.45, 2.75) is 18.1 Å². The maximum Gasteiger partial charge on any atom is 0.418 e. The van der Waals surface area contributed by atoms with Crippen molar-refractivity contribution in [3.8, 4) is 0 Å². The smallest absolute Gasteiger partial charge is 0.338 e. The molecule has 0 saturated carbocycles. The van der Waals surface area contributed by atoms with Gasteiger partial charge in [-0.3, -0.25) is 14.3 Å². The van der Waals surface area contributed by atoms with Gasteiger partial charge in [0, 0.05) is 55.2 Å². The average molecular weight is 502 g/mol. The minimum absolute atomic E-state index is 0.0152. The van der Waals surface area contributed by atoms with Crippen LogP contribution in [-0.2, 0) is 11.3 Å². The van der Waals surface area contributed by atoms with Crippen LogP contribution in [0.15, 0.2) is 66.3 Å². The van der Waals surface area contributed by atoms with E-state index in [0.29, 0.717) is 60.1 Å². The van der Waals surface area contributed by atoms with Gasteiger partial charge in [-0.05, 0) is 35.7 Å². The number of amides is 2. The van der Waals surface area contributed by atoms with Crippen LogP contribution >= 0.6 is 11.8 Å². The first-order valence-electron chi connectivity index (χ1n) is 11.1. The van der Waals surface area contributed by atoms with Crippen LogP contribution in [0.5, 0.6) is 0 Å². The fraction of sp³-hybridized carbons (Fsp3) is 0.292. The molecule has 1 aromatic heterocycles. The summed E-state index contributed by atoms with van der Waals surface area (Å²) in [6.07, 6.45) is -1.28. The Morgan fingerprint density at radius 2 is 1.71 bits per heavy atom. The summed E-state index contributed by atoms with van der Waals surface area (Å²) in [4.78, 5) is 30.1. The van der Waals surface area contributed by atoms with Crippen LogP contribution in [0, 0.1) is 0 Å². The maximum atomic E-state index is 13.3. The maximum absolute atomic E-state index is 13.3. The van der Waals surface area contributed by atoms with Crippen LogP contribution in [0.2, 0.25) is 0 Å². The molecule has 7 nitrogen and oxygen atoms in total. The molecule has 2 amide bonds. The van der Waals surface area contributed by atoms with Crippen LogP contribution < -0.4 is 4.90 Å². The molecule has 3 heterocycles. The third-order valence-electron chi connectivity index (χ3n) is 6.03. The van der Waals surface area contributed by atoms with Gasteiger partial charge in [0.1, 0.15) is 6.54 Å². The second-order valence-electron chi connectivity index (χ2n) is 8.33. The van der Waals surface area contributed by atoms with Gasteiger partial charge in [-0.25, -0.2) is 0 Å². The van der Waals surface area contributed by atoms with Crippen LogP contribution in [0.3, 0.4) is 0 Å². The molecule has 0 bridgehead atoms. The third-order valence-corrected chi connectivity index (χ3v) is 7.06. The molecule has 2 aromatic carbocycles. The van der Waals surface area contributed by atoms with Gasteiger partial charge in [-0.1, -0.05) is 30.0 Å². The number of carbonyl (C=O) groups excluding carboxylic acids is 2. The Morgan fingerprint density at radius 3 is 2.43 bits per heavy atom. The van der Waals surface area contributed by atoms with E-state index in [1.807, 2.05) is 18.2 Å². The summed E-state index contributed by atoms with van der Waals surface area (Å²) in [6.45, 7) is 1.78. The molecule has 35 heavy (non-hydrogen) atoms. The molecule has 1 unspecified atom stereocenters. The molecular weight excluding hydrogens is 479 g/mol. The number of hydrogen-bond donors (Lipinski definition) is 0. The van der Waals surface area contributed by atoms with Crippen LogP contribution in [0.1, 0.15) is 10.4 Å². The number of piperazine rings is 1. The summed E-state index contributed by atoms with van der Waals surface area (Å²) in [7, 11) is 0. The van der Waals surface area contributed by atoms with Crippen LogP contribution in [-0.4, -0.2) is 69.1 Å². The van der Waals surface area contributed by atoms with Crippen molar-refractivity contribution in [1.82, 2.24) is 19.6 Å². The summed E-state index contributed by atoms with van der Waals surface area (Å²) in [5.74, 6) is -0.174. The highest BCUT2D eigenvalue weighted by molar-refractivity contribution is 8.03. The number of anilines is 1. The average Bonchev–Trinajstić information content (AvgIpc) is 3.50. The number of benzene rings is 2. The first-order chi connectivity index (χ1) is 16.8. The van der Waals surface area contributed by atoms with Gasteiger partial charge in [0.25, 0.3) is 5.91 Å². The standard InChI is InChI=1S/C24H22F3N5O2S/c25-24(26,27)23-32(12-13-35-23)19-6-7-20-18(14-19)15-31(28-20)16-21(33)29-8-10-30(11-9-29)22(34)17-4-2-1-3-5-17/h1-7,12-15,23H,8-11,16H2. The zero-order valence-electron chi connectivity index (χ0n) is 18.6. The molecule has 2 aliphatic heterocycles. The number of hydrogen-bond acceptors (Lipinski definition) is 5. The Bertz CT molecular complexity index is 1270. The van der Waals surface area contributed by atoms with Gasteiger partial charge < -0.3 is 14.7 Å². The first-order valence-corrected chi connectivity index (χ1v) is 12.0. The van der Waals surface area contributed by atoms with Crippen molar-refractivity contribution in [3.63, 3.8) is 0 Å². The van der Waals surface area contributed by atoms with E-state index in [-0.39, 0.29) is 18.4 Å². The van der Waals surface area contributed by atoms with E-state index in [2.05, 4.69) is 5.10 Å². The van der Waals surface area contributed by atoms with E-state index < -0.39 is 11.6 Å². The highest BCUT2D eigenvalue weighted by atomic mass is 32.2. The first kappa shape index (κ1) is 23.3. The molecule has 11 heteroatoms. The van der Waals surface area contributed by atoms with Gasteiger partial charge in [-0.2, -0.15) is 18.3 Å². The van der Waals surface area contributed by atoms with Gasteiger partial charge in [0.2, 0.25) is 5.91 Å². The predicted molar refractivity (Wildman–Crippen MR) is 128 cm³/mol. The van der Waals surface area contributed by atoms with Gasteiger partial charge in [-0.15, -0.1) is 0 Å². The highest BCUT2D eigenvalue weighted by Crippen LogP contribution is 2.41. The van der Waals surface area contributed by atoms with Gasteiger partial charge >= 0.3 is 6.18 Å². The normalized spacial score (nSPS) is 18.5. The predicted octanol–water partition coefficient (Wildman–Crippen LogP) is 3.93. The number of fused-ring (bicyclic) bond motifs is 1. The van der Waals surface area contributed by atoms with Crippen molar-refractivity contribution >= 4 is 40.2 Å². The molecule has 3 aromatic rings. The number of rotatable bonds is 4. The number of carbonyl (C=O) groups is 2. The van der Waals surface area contributed by atoms with E-state index in [1.54, 1.807) is 46.3 Å². The topological polar surface area (TPSA) is 61.7 Å². The summed E-state index contributed by atoms with van der Waals surface area (Å²) >= 11 is 0.712. The van der Waals surface area contributed by atoms with E-state index >= 15 is 0 Å². The molecular formula is C24H22F3N5O2S. The molecule has 0 radical (unpaired) electrons. The Kier molecular flexibility index (Phi) is 6.18. The Morgan fingerprint density at radius 1 is 1.00 bits per heavy atom. The number of halogens is 3. The zero-order chi connectivity index (χ0) is 24.6. The number of thioether (sulfide) groups is 1. The second kappa shape index (κ2) is 9.29. The van der Waals surface area contributed by atoms with E-state index in [0.717, 1.165) is 0 Å². The number of alkyl halides is 3. The third kappa shape index (κ3) is 4.86. The lowest BCUT2D eigenvalue weighted by Gasteiger charge is -2.34. The summed E-state index contributed by atoms with van der Waals surface area (Å²) in [5.41, 5.74) is 1.63. The van der Waals surface area contributed by atoms with Crippen molar-refractivity contribution in [3.05, 3.63) is 71.9 Å². The summed E-state index contributed by atoms with van der Waals surface area (Å²) < 4.78 is 41.4. The second-order valence-corrected chi connectivity index (χ2v) is 9.32. The fourth-order valence-electron chi connectivity index (χ4n) is 4.24. The molecule has 0 aliphatic carbocycles. The summed E-state index contributed by atoms with van der Waals surface area (Å²) in [5, 5.41) is 4.82. The molecule has 182 valence electrons. The number of nitrogens with zero attached hydrogens (tertiary/aromatic N) is 5. The lowest BCUT2D eigenvalue weighted by molar-refractivity contribution is -0.133. The van der Waals surface area contributed by atoms with Crippen molar-refractivity contribution < 1.29 is 22.8 Å². The monoisotopic (exact) mass is 501 g/mol. The highest BCUT2D eigenvalue weighted by Gasteiger charge is 2.45. The fourth-order valence-corrected chi connectivity index (χ4v) is 5.07. The largest absolute Gasteiger partial charge is 0.418 e. The molecule has 1 saturated heterocycles. The minimum Gasteiger partial charge on any atom is -0.338 e. The zero-order valence-corrected chi connectivity index (χ0v) is 19.4. The van der Waals surface area contributed by atoms with Crippen molar-refractivity contribution in [2.75, 3.05) is 31.1 Å². The Labute approximate surface area is 203 Å². The van der Waals surface area contributed by atoms with Crippen LogP contribution in [0.25, 0.3) is 10.9 Å². The van der Waals surface area contributed by atoms with Crippen molar-refractivity contribution in [1.29, 1.82) is 0 Å². The summed E-state index contributed by atoms with van der Waals surface area (Å²) in [6, 6.07) is 13.9. The lowest BCUT2D eigenvalue weighted by atomic mass is 10.2. The molecule has 0 N–H and O–H groups in total. The van der Waals surface area contributed by atoms with Crippen molar-refractivity contribution in [2.24, 2.45) is 0 Å². The van der Waals surface area contributed by atoms with Gasteiger partial charge in [0.05, 0.1) is 5.52 Å². The van der Waals surface area contributed by atoms with Gasteiger partial charge in [0.15, 0.2) is 5.37 Å². The van der Waals surface area contributed by atoms with E-state index in [1.165, 1.54) is 21.2 Å². The van der Waals surface area contributed by atoms with E-state index in [9.17, 15) is 22.8 Å². The lowest BCUT2D eigenvalue weighted by Crippen LogP contribution is -2.51.